The Bertz CT molecular complexity index is 1310. The third-order valence-electron chi connectivity index (χ3n) is 7.04. The lowest BCUT2D eigenvalue weighted by Gasteiger charge is -2.28. The van der Waals surface area contributed by atoms with E-state index >= 15 is 0 Å². The number of carbonyl (C=O) groups excluding carboxylic acids is 2. The highest BCUT2D eigenvalue weighted by Crippen LogP contribution is 2.40. The summed E-state index contributed by atoms with van der Waals surface area (Å²) in [4.78, 5) is 30.4. The number of carbonyl (C=O) groups is 2. The Morgan fingerprint density at radius 1 is 0.900 bits per heavy atom. The van der Waals surface area contributed by atoms with Gasteiger partial charge in [0.25, 0.3) is 11.7 Å². The molecule has 7 heteroatoms. The number of likely N-dealkylation sites (tertiary alicyclic amines) is 1. The Balaban J connectivity index is 1.66. The second-order valence-corrected chi connectivity index (χ2v) is 10.1. The highest BCUT2D eigenvalue weighted by atomic mass is 16.5. The number of aliphatic hydroxyl groups excluding tert-OH is 1. The van der Waals surface area contributed by atoms with E-state index in [9.17, 15) is 14.7 Å². The second-order valence-electron chi connectivity index (χ2n) is 10.1. The molecule has 0 saturated carbocycles. The molecule has 0 aliphatic carbocycles. The molecule has 0 spiro atoms. The molecule has 1 amide bonds. The van der Waals surface area contributed by atoms with Crippen LogP contribution in [0, 0.1) is 0 Å². The molecule has 210 valence electrons. The minimum atomic E-state index is -0.717. The Hall–Kier alpha value is -4.10. The molecule has 1 saturated heterocycles. The Morgan fingerprint density at radius 2 is 1.52 bits per heavy atom. The van der Waals surface area contributed by atoms with Crippen molar-refractivity contribution in [3.8, 4) is 11.5 Å². The maximum atomic E-state index is 13.4. The molecule has 1 heterocycles. The molecule has 7 nitrogen and oxygen atoms in total. The van der Waals surface area contributed by atoms with E-state index in [1.807, 2.05) is 68.4 Å². The van der Waals surface area contributed by atoms with Crippen molar-refractivity contribution in [2.24, 2.45) is 0 Å². The number of rotatable bonds is 12. The van der Waals surface area contributed by atoms with Crippen LogP contribution in [0.25, 0.3) is 5.76 Å². The molecule has 1 aliphatic rings. The van der Waals surface area contributed by atoms with Gasteiger partial charge in [0.2, 0.25) is 0 Å². The van der Waals surface area contributed by atoms with E-state index in [0.717, 1.165) is 24.2 Å². The Morgan fingerprint density at radius 3 is 2.12 bits per heavy atom. The van der Waals surface area contributed by atoms with Crippen molar-refractivity contribution in [1.29, 1.82) is 0 Å². The van der Waals surface area contributed by atoms with Crippen LogP contribution in [0.2, 0.25) is 0 Å². The van der Waals surface area contributed by atoms with Crippen molar-refractivity contribution in [3.63, 3.8) is 0 Å². The molecule has 0 radical (unpaired) electrons. The SMILES string of the molecule is CCN(CC)CCN1C(=O)C(=O)/C(=C(/O)c2ccc(OC(C)C)cc2)C1c1ccc(OCc2ccccc2)cc1. The summed E-state index contributed by atoms with van der Waals surface area (Å²) in [5.74, 6) is -0.159. The molecule has 3 aromatic rings. The number of hydrogen-bond donors (Lipinski definition) is 1. The number of ketones is 1. The Labute approximate surface area is 236 Å². The summed E-state index contributed by atoms with van der Waals surface area (Å²) in [5, 5.41) is 11.4. The molecule has 1 aliphatic heterocycles. The van der Waals surface area contributed by atoms with E-state index in [1.54, 1.807) is 29.2 Å². The van der Waals surface area contributed by atoms with Gasteiger partial charge in [-0.3, -0.25) is 9.59 Å². The normalized spacial score (nSPS) is 16.6. The first-order valence-electron chi connectivity index (χ1n) is 13.9. The number of benzene rings is 3. The molecule has 1 N–H and O–H groups in total. The maximum absolute atomic E-state index is 13.4. The highest BCUT2D eigenvalue weighted by molar-refractivity contribution is 6.46. The topological polar surface area (TPSA) is 79.3 Å². The van der Waals surface area contributed by atoms with Crippen LogP contribution in [0.5, 0.6) is 11.5 Å². The third-order valence-corrected chi connectivity index (χ3v) is 7.04. The van der Waals surface area contributed by atoms with Crippen LogP contribution in [0.3, 0.4) is 0 Å². The van der Waals surface area contributed by atoms with E-state index in [-0.39, 0.29) is 17.4 Å². The van der Waals surface area contributed by atoms with Gasteiger partial charge in [-0.25, -0.2) is 0 Å². The average molecular weight is 543 g/mol. The van der Waals surface area contributed by atoms with Gasteiger partial charge in [-0.1, -0.05) is 56.3 Å². The molecule has 4 rings (SSSR count). The van der Waals surface area contributed by atoms with Gasteiger partial charge in [-0.2, -0.15) is 0 Å². The summed E-state index contributed by atoms with van der Waals surface area (Å²) in [6.45, 7) is 11.1. The van der Waals surface area contributed by atoms with Gasteiger partial charge in [0, 0.05) is 18.7 Å². The average Bonchev–Trinajstić information content (AvgIpc) is 3.22. The monoisotopic (exact) mass is 542 g/mol. The number of nitrogens with zero attached hydrogens (tertiary/aromatic N) is 2. The molecule has 0 aromatic heterocycles. The fraction of sp³-hybridized carbons (Fsp3) is 0.333. The number of amides is 1. The summed E-state index contributed by atoms with van der Waals surface area (Å²) in [5.41, 5.74) is 2.32. The van der Waals surface area contributed by atoms with Crippen molar-refractivity contribution in [2.75, 3.05) is 26.2 Å². The molecule has 0 bridgehead atoms. The van der Waals surface area contributed by atoms with E-state index in [0.29, 0.717) is 36.8 Å². The summed E-state index contributed by atoms with van der Waals surface area (Å²) in [6, 6.07) is 23.5. The van der Waals surface area contributed by atoms with Crippen molar-refractivity contribution in [2.45, 2.75) is 46.4 Å². The molecule has 40 heavy (non-hydrogen) atoms. The fourth-order valence-corrected chi connectivity index (χ4v) is 4.85. The standard InChI is InChI=1S/C33H38N2O5/c1-5-34(6-2)20-21-35-30(25-12-16-27(17-13-25)39-22-24-10-8-7-9-11-24)29(32(37)33(35)38)31(36)26-14-18-28(19-15-26)40-23(3)4/h7-19,23,30,36H,5-6,20-22H2,1-4H3/b31-29+. The van der Waals surface area contributed by atoms with E-state index in [1.165, 1.54) is 0 Å². The number of ether oxygens (including phenoxy) is 2. The summed E-state index contributed by atoms with van der Waals surface area (Å²) >= 11 is 0. The molecular formula is C33H38N2O5. The number of hydrogen-bond acceptors (Lipinski definition) is 6. The Kier molecular flexibility index (Phi) is 9.61. The smallest absolute Gasteiger partial charge is 0.295 e. The number of likely N-dealkylation sites (N-methyl/N-ethyl adjacent to an activating group) is 1. The number of aliphatic hydroxyl groups is 1. The summed E-state index contributed by atoms with van der Waals surface area (Å²) < 4.78 is 11.7. The van der Waals surface area contributed by atoms with Gasteiger partial charge < -0.3 is 24.4 Å². The lowest BCUT2D eigenvalue weighted by atomic mass is 9.95. The molecule has 1 atom stereocenters. The lowest BCUT2D eigenvalue weighted by molar-refractivity contribution is -0.140. The van der Waals surface area contributed by atoms with Gasteiger partial charge in [0.15, 0.2) is 0 Å². The lowest BCUT2D eigenvalue weighted by Crippen LogP contribution is -2.38. The molecule has 1 fully saturated rings. The molecule has 1 unspecified atom stereocenters. The second kappa shape index (κ2) is 13.3. The van der Waals surface area contributed by atoms with Crippen LogP contribution >= 0.6 is 0 Å². The fourth-order valence-electron chi connectivity index (χ4n) is 4.85. The van der Waals surface area contributed by atoms with Gasteiger partial charge in [-0.05, 0) is 74.5 Å². The van der Waals surface area contributed by atoms with Crippen molar-refractivity contribution >= 4 is 17.4 Å². The zero-order chi connectivity index (χ0) is 28.6. The van der Waals surface area contributed by atoms with E-state index in [2.05, 4.69) is 18.7 Å². The molecule has 3 aromatic carbocycles. The van der Waals surface area contributed by atoms with Gasteiger partial charge in [-0.15, -0.1) is 0 Å². The van der Waals surface area contributed by atoms with Crippen molar-refractivity contribution in [1.82, 2.24) is 9.80 Å². The zero-order valence-corrected chi connectivity index (χ0v) is 23.7. The van der Waals surface area contributed by atoms with Gasteiger partial charge >= 0.3 is 0 Å². The van der Waals surface area contributed by atoms with Crippen LogP contribution in [-0.2, 0) is 16.2 Å². The quantitative estimate of drug-likeness (QED) is 0.177. The number of Topliss-reactive ketones (excluding diaryl/α,β-unsaturated/α-hetero) is 1. The minimum absolute atomic E-state index is 0.00947. The van der Waals surface area contributed by atoms with E-state index in [4.69, 9.17) is 9.47 Å². The van der Waals surface area contributed by atoms with Crippen molar-refractivity contribution < 1.29 is 24.2 Å². The van der Waals surface area contributed by atoms with Crippen LogP contribution in [-0.4, -0.2) is 58.9 Å². The van der Waals surface area contributed by atoms with E-state index < -0.39 is 17.7 Å². The van der Waals surface area contributed by atoms with Gasteiger partial charge in [0.05, 0.1) is 17.7 Å². The molecular weight excluding hydrogens is 504 g/mol. The van der Waals surface area contributed by atoms with Crippen LogP contribution in [0.15, 0.2) is 84.4 Å². The third kappa shape index (κ3) is 6.72. The highest BCUT2D eigenvalue weighted by Gasteiger charge is 2.46. The maximum Gasteiger partial charge on any atom is 0.295 e. The zero-order valence-electron chi connectivity index (χ0n) is 23.7. The van der Waals surface area contributed by atoms with Crippen LogP contribution in [0.4, 0.5) is 0 Å². The summed E-state index contributed by atoms with van der Waals surface area (Å²) in [6.07, 6.45) is 0.00947. The minimum Gasteiger partial charge on any atom is -0.507 e. The van der Waals surface area contributed by atoms with Crippen molar-refractivity contribution in [3.05, 3.63) is 101 Å². The van der Waals surface area contributed by atoms with Gasteiger partial charge in [0.1, 0.15) is 23.9 Å². The largest absolute Gasteiger partial charge is 0.507 e. The predicted molar refractivity (Wildman–Crippen MR) is 156 cm³/mol. The van der Waals surface area contributed by atoms with Crippen LogP contribution in [0.1, 0.15) is 50.4 Å². The predicted octanol–water partition coefficient (Wildman–Crippen LogP) is 5.82. The summed E-state index contributed by atoms with van der Waals surface area (Å²) in [7, 11) is 0. The first kappa shape index (κ1) is 28.9. The van der Waals surface area contributed by atoms with Crippen LogP contribution < -0.4 is 9.47 Å². The first-order valence-corrected chi connectivity index (χ1v) is 13.9. The first-order chi connectivity index (χ1) is 19.3.